The third-order valence-electron chi connectivity index (χ3n) is 2.41. The molecule has 0 aliphatic carbocycles. The van der Waals surface area contributed by atoms with Gasteiger partial charge < -0.3 is 10.1 Å². The number of rotatable bonds is 7. The molecular weight excluding hydrogens is 198 g/mol. The average Bonchev–Trinajstić information content (AvgIpc) is 2.26. The molecule has 0 atom stereocenters. The molecule has 0 saturated carbocycles. The third-order valence-corrected chi connectivity index (χ3v) is 2.41. The predicted molar refractivity (Wildman–Crippen MR) is 70.0 cm³/mol. The van der Waals surface area contributed by atoms with E-state index in [1.807, 2.05) is 0 Å². The first-order valence-corrected chi connectivity index (χ1v) is 6.17. The maximum absolute atomic E-state index is 5.50. The standard InChI is InChI=1S/C14H23NO/c1-4-7-13-8-5-6-9-14(13)15-10-11-16-12(2)3/h5-6,8-9,12,15H,4,7,10-11H2,1-3H3. The Bertz CT molecular complexity index is 297. The number of nitrogens with one attached hydrogen (secondary N) is 1. The van der Waals surface area contributed by atoms with Crippen molar-refractivity contribution < 1.29 is 4.74 Å². The van der Waals surface area contributed by atoms with Crippen LogP contribution in [0.15, 0.2) is 24.3 Å². The Labute approximate surface area is 99.0 Å². The highest BCUT2D eigenvalue weighted by molar-refractivity contribution is 5.51. The summed E-state index contributed by atoms with van der Waals surface area (Å²) in [6, 6.07) is 8.50. The molecule has 1 aromatic carbocycles. The van der Waals surface area contributed by atoms with E-state index < -0.39 is 0 Å². The van der Waals surface area contributed by atoms with Gasteiger partial charge in [-0.3, -0.25) is 0 Å². The van der Waals surface area contributed by atoms with E-state index >= 15 is 0 Å². The van der Waals surface area contributed by atoms with Gasteiger partial charge in [-0.1, -0.05) is 31.5 Å². The van der Waals surface area contributed by atoms with Crippen LogP contribution in [-0.4, -0.2) is 19.3 Å². The van der Waals surface area contributed by atoms with Gasteiger partial charge in [0.05, 0.1) is 12.7 Å². The predicted octanol–water partition coefficient (Wildman–Crippen LogP) is 3.48. The van der Waals surface area contributed by atoms with Gasteiger partial charge in [-0.2, -0.15) is 0 Å². The number of hydrogen-bond donors (Lipinski definition) is 1. The summed E-state index contributed by atoms with van der Waals surface area (Å²) in [7, 11) is 0. The van der Waals surface area contributed by atoms with Crippen molar-refractivity contribution in [3.63, 3.8) is 0 Å². The van der Waals surface area contributed by atoms with Crippen LogP contribution in [0.4, 0.5) is 5.69 Å². The number of benzene rings is 1. The minimum atomic E-state index is 0.313. The van der Waals surface area contributed by atoms with Gasteiger partial charge in [0.2, 0.25) is 0 Å². The topological polar surface area (TPSA) is 21.3 Å². The van der Waals surface area contributed by atoms with Crippen LogP contribution in [0.1, 0.15) is 32.8 Å². The molecule has 1 aromatic rings. The summed E-state index contributed by atoms with van der Waals surface area (Å²) < 4.78 is 5.50. The third kappa shape index (κ3) is 4.67. The second-order valence-electron chi connectivity index (χ2n) is 4.25. The molecule has 90 valence electrons. The molecule has 2 heteroatoms. The molecule has 0 fully saturated rings. The molecule has 0 spiro atoms. The molecule has 16 heavy (non-hydrogen) atoms. The molecule has 0 bridgehead atoms. The zero-order valence-electron chi connectivity index (χ0n) is 10.6. The van der Waals surface area contributed by atoms with Crippen molar-refractivity contribution in [2.75, 3.05) is 18.5 Å². The van der Waals surface area contributed by atoms with Gasteiger partial charge in [-0.15, -0.1) is 0 Å². The zero-order valence-corrected chi connectivity index (χ0v) is 10.6. The summed E-state index contributed by atoms with van der Waals surface area (Å²) in [6.45, 7) is 7.96. The van der Waals surface area contributed by atoms with Crippen LogP contribution in [0.25, 0.3) is 0 Å². The van der Waals surface area contributed by atoms with Gasteiger partial charge in [0.25, 0.3) is 0 Å². The Balaban J connectivity index is 2.40. The number of ether oxygens (including phenoxy) is 1. The first-order chi connectivity index (χ1) is 7.74. The van der Waals surface area contributed by atoms with Crippen molar-refractivity contribution in [3.05, 3.63) is 29.8 Å². The van der Waals surface area contributed by atoms with E-state index in [0.717, 1.165) is 19.6 Å². The molecule has 0 unspecified atom stereocenters. The van der Waals surface area contributed by atoms with Crippen LogP contribution in [0.5, 0.6) is 0 Å². The summed E-state index contributed by atoms with van der Waals surface area (Å²) in [5.41, 5.74) is 2.64. The number of hydrogen-bond acceptors (Lipinski definition) is 2. The lowest BCUT2D eigenvalue weighted by Gasteiger charge is -2.12. The fourth-order valence-corrected chi connectivity index (χ4v) is 1.66. The van der Waals surface area contributed by atoms with E-state index in [4.69, 9.17) is 4.74 Å². The van der Waals surface area contributed by atoms with Gasteiger partial charge in [0, 0.05) is 12.2 Å². The minimum Gasteiger partial charge on any atom is -0.383 e. The van der Waals surface area contributed by atoms with Crippen LogP contribution >= 0.6 is 0 Å². The van der Waals surface area contributed by atoms with E-state index in [2.05, 4.69) is 50.4 Å². The number of aryl methyl sites for hydroxylation is 1. The summed E-state index contributed by atoms with van der Waals surface area (Å²) >= 11 is 0. The molecule has 0 saturated heterocycles. The highest BCUT2D eigenvalue weighted by atomic mass is 16.5. The first-order valence-electron chi connectivity index (χ1n) is 6.17. The van der Waals surface area contributed by atoms with E-state index in [1.54, 1.807) is 0 Å². The molecule has 0 radical (unpaired) electrons. The molecule has 2 nitrogen and oxygen atoms in total. The van der Waals surface area contributed by atoms with Crippen molar-refractivity contribution in [2.45, 2.75) is 39.7 Å². The minimum absolute atomic E-state index is 0.313. The number of anilines is 1. The molecule has 0 heterocycles. The molecular formula is C14H23NO. The van der Waals surface area contributed by atoms with E-state index in [-0.39, 0.29) is 0 Å². The van der Waals surface area contributed by atoms with Gasteiger partial charge >= 0.3 is 0 Å². The summed E-state index contributed by atoms with van der Waals surface area (Å²) in [5.74, 6) is 0. The molecule has 1 N–H and O–H groups in total. The van der Waals surface area contributed by atoms with E-state index in [1.165, 1.54) is 17.7 Å². The summed E-state index contributed by atoms with van der Waals surface area (Å²) in [4.78, 5) is 0. The van der Waals surface area contributed by atoms with E-state index in [9.17, 15) is 0 Å². The van der Waals surface area contributed by atoms with Crippen LogP contribution in [0.2, 0.25) is 0 Å². The van der Waals surface area contributed by atoms with Gasteiger partial charge in [-0.05, 0) is 31.9 Å². The summed E-state index contributed by atoms with van der Waals surface area (Å²) in [5, 5.41) is 3.43. The number of para-hydroxylation sites is 1. The normalized spacial score (nSPS) is 10.8. The fraction of sp³-hybridized carbons (Fsp3) is 0.571. The maximum atomic E-state index is 5.50. The monoisotopic (exact) mass is 221 g/mol. The largest absolute Gasteiger partial charge is 0.383 e. The zero-order chi connectivity index (χ0) is 11.8. The Hall–Kier alpha value is -1.02. The van der Waals surface area contributed by atoms with Crippen LogP contribution < -0.4 is 5.32 Å². The second-order valence-corrected chi connectivity index (χ2v) is 4.25. The molecule has 1 rings (SSSR count). The Morgan fingerprint density at radius 1 is 1.25 bits per heavy atom. The first kappa shape index (κ1) is 13.0. The molecule has 0 amide bonds. The van der Waals surface area contributed by atoms with Crippen LogP contribution in [0, 0.1) is 0 Å². The molecule has 0 aliphatic rings. The molecule has 0 aromatic heterocycles. The van der Waals surface area contributed by atoms with Crippen molar-refractivity contribution in [3.8, 4) is 0 Å². The SMILES string of the molecule is CCCc1ccccc1NCCOC(C)C. The summed E-state index contributed by atoms with van der Waals surface area (Å²) in [6.07, 6.45) is 2.63. The fourth-order valence-electron chi connectivity index (χ4n) is 1.66. The van der Waals surface area contributed by atoms with Crippen molar-refractivity contribution in [2.24, 2.45) is 0 Å². The highest BCUT2D eigenvalue weighted by Crippen LogP contribution is 2.16. The second kappa shape index (κ2) is 7.29. The Morgan fingerprint density at radius 2 is 2.00 bits per heavy atom. The van der Waals surface area contributed by atoms with Crippen molar-refractivity contribution in [1.82, 2.24) is 0 Å². The highest BCUT2D eigenvalue weighted by Gasteiger charge is 1.99. The van der Waals surface area contributed by atoms with Crippen molar-refractivity contribution in [1.29, 1.82) is 0 Å². The van der Waals surface area contributed by atoms with Crippen LogP contribution in [0.3, 0.4) is 0 Å². The lowest BCUT2D eigenvalue weighted by molar-refractivity contribution is 0.0870. The van der Waals surface area contributed by atoms with Gasteiger partial charge in [0.15, 0.2) is 0 Å². The molecule has 0 aliphatic heterocycles. The van der Waals surface area contributed by atoms with Gasteiger partial charge in [0.1, 0.15) is 0 Å². The Morgan fingerprint density at radius 3 is 2.69 bits per heavy atom. The lowest BCUT2D eigenvalue weighted by atomic mass is 10.1. The smallest absolute Gasteiger partial charge is 0.0642 e. The average molecular weight is 221 g/mol. The van der Waals surface area contributed by atoms with Gasteiger partial charge in [-0.25, -0.2) is 0 Å². The van der Waals surface area contributed by atoms with E-state index in [0.29, 0.717) is 6.10 Å². The van der Waals surface area contributed by atoms with Crippen LogP contribution in [-0.2, 0) is 11.2 Å². The Kier molecular flexibility index (Phi) is 5.94. The lowest BCUT2D eigenvalue weighted by Crippen LogP contribution is -2.13. The van der Waals surface area contributed by atoms with Crippen molar-refractivity contribution >= 4 is 5.69 Å². The maximum Gasteiger partial charge on any atom is 0.0642 e. The quantitative estimate of drug-likeness (QED) is 0.712.